The monoisotopic (exact) mass is 522 g/mol. The summed E-state index contributed by atoms with van der Waals surface area (Å²) in [5.41, 5.74) is 0. The zero-order valence-corrected chi connectivity index (χ0v) is 19.8. The van der Waals surface area contributed by atoms with Crippen molar-refractivity contribution in [1.82, 2.24) is 15.5 Å². The predicted molar refractivity (Wildman–Crippen MR) is 124 cm³/mol. The summed E-state index contributed by atoms with van der Waals surface area (Å²) in [5.74, 6) is 0.767. The molecule has 1 amide bonds. The Morgan fingerprint density at radius 1 is 1.29 bits per heavy atom. The molecule has 9 heteroatoms. The van der Waals surface area contributed by atoms with Gasteiger partial charge >= 0.3 is 5.97 Å². The lowest BCUT2D eigenvalue weighted by Crippen LogP contribution is -2.46. The highest BCUT2D eigenvalue weighted by Gasteiger charge is 2.27. The number of halogens is 1. The molecule has 0 aliphatic carbocycles. The van der Waals surface area contributed by atoms with Crippen LogP contribution in [0.15, 0.2) is 22.5 Å². The summed E-state index contributed by atoms with van der Waals surface area (Å²) < 4.78 is 5.13. The van der Waals surface area contributed by atoms with Crippen molar-refractivity contribution in [2.75, 3.05) is 39.3 Å². The van der Waals surface area contributed by atoms with Crippen LogP contribution in [0.1, 0.15) is 42.8 Å². The van der Waals surface area contributed by atoms with Crippen molar-refractivity contribution in [3.05, 3.63) is 22.4 Å². The average molecular weight is 522 g/mol. The molecule has 1 aromatic rings. The number of hydrogen-bond donors (Lipinski definition) is 2. The molecule has 158 valence electrons. The molecule has 0 spiro atoms. The van der Waals surface area contributed by atoms with Crippen LogP contribution in [0.25, 0.3) is 0 Å². The average Bonchev–Trinajstić information content (AvgIpc) is 3.22. The van der Waals surface area contributed by atoms with Crippen LogP contribution in [-0.4, -0.2) is 62.1 Å². The molecule has 28 heavy (non-hydrogen) atoms. The van der Waals surface area contributed by atoms with Gasteiger partial charge in [0.1, 0.15) is 0 Å². The van der Waals surface area contributed by atoms with Gasteiger partial charge < -0.3 is 20.3 Å². The van der Waals surface area contributed by atoms with E-state index in [-0.39, 0.29) is 41.8 Å². The molecule has 0 aromatic carbocycles. The summed E-state index contributed by atoms with van der Waals surface area (Å²) in [6.07, 6.45) is 2.37. The standard InChI is InChI=1S/C19H30N4O3S.HI/c1-3-20-19(23-12-8-15(9-13-23)18(25)26-4-2)22-11-6-10-21-17(24)16-7-5-14-27-16;/h5,7,14-15H,3-4,6,8-13H2,1-2H3,(H,20,22)(H,21,24);1H. The Morgan fingerprint density at radius 2 is 2.04 bits per heavy atom. The van der Waals surface area contributed by atoms with Crippen molar-refractivity contribution in [3.63, 3.8) is 0 Å². The van der Waals surface area contributed by atoms with Gasteiger partial charge in [0, 0.05) is 32.7 Å². The van der Waals surface area contributed by atoms with E-state index < -0.39 is 0 Å². The Kier molecular flexibility index (Phi) is 12.1. The molecule has 2 rings (SSSR count). The lowest BCUT2D eigenvalue weighted by atomic mass is 9.97. The molecule has 1 aromatic heterocycles. The second-order valence-electron chi connectivity index (χ2n) is 6.34. The summed E-state index contributed by atoms with van der Waals surface area (Å²) in [7, 11) is 0. The SMILES string of the molecule is CCNC(=NCCCNC(=O)c1cccs1)N1CCC(C(=O)OCC)CC1.I. The number of guanidine groups is 1. The first-order valence-electron chi connectivity index (χ1n) is 9.67. The highest BCUT2D eigenvalue weighted by Crippen LogP contribution is 2.18. The van der Waals surface area contributed by atoms with Gasteiger partial charge in [-0.05, 0) is 44.6 Å². The molecular weight excluding hydrogens is 491 g/mol. The zero-order chi connectivity index (χ0) is 19.5. The first kappa shape index (κ1) is 24.7. The summed E-state index contributed by atoms with van der Waals surface area (Å²) >= 11 is 1.44. The maximum absolute atomic E-state index is 11.9. The minimum atomic E-state index is -0.0828. The third kappa shape index (κ3) is 7.94. The fourth-order valence-electron chi connectivity index (χ4n) is 2.97. The van der Waals surface area contributed by atoms with E-state index in [0.717, 1.165) is 49.7 Å². The minimum absolute atomic E-state index is 0. The molecule has 0 atom stereocenters. The van der Waals surface area contributed by atoms with Gasteiger partial charge in [-0.1, -0.05) is 6.07 Å². The van der Waals surface area contributed by atoms with Crippen LogP contribution in [0.4, 0.5) is 0 Å². The molecule has 0 saturated carbocycles. The van der Waals surface area contributed by atoms with Crippen LogP contribution in [-0.2, 0) is 9.53 Å². The first-order chi connectivity index (χ1) is 13.2. The van der Waals surface area contributed by atoms with Crippen molar-refractivity contribution < 1.29 is 14.3 Å². The van der Waals surface area contributed by atoms with Crippen molar-refractivity contribution in [2.24, 2.45) is 10.9 Å². The van der Waals surface area contributed by atoms with Crippen LogP contribution in [0.3, 0.4) is 0 Å². The number of carbonyl (C=O) groups is 2. The summed E-state index contributed by atoms with van der Waals surface area (Å²) in [4.78, 5) is 31.4. The number of thiophene rings is 1. The number of rotatable bonds is 8. The zero-order valence-electron chi connectivity index (χ0n) is 16.6. The Hall–Kier alpha value is -1.36. The summed E-state index contributed by atoms with van der Waals surface area (Å²) in [5, 5.41) is 8.13. The maximum atomic E-state index is 11.9. The van der Waals surface area contributed by atoms with E-state index in [1.165, 1.54) is 11.3 Å². The van der Waals surface area contributed by atoms with Crippen LogP contribution in [0.2, 0.25) is 0 Å². The molecule has 1 saturated heterocycles. The lowest BCUT2D eigenvalue weighted by molar-refractivity contribution is -0.149. The summed E-state index contributed by atoms with van der Waals surface area (Å²) in [6, 6.07) is 3.69. The van der Waals surface area contributed by atoms with Gasteiger partial charge in [-0.3, -0.25) is 14.6 Å². The van der Waals surface area contributed by atoms with E-state index in [0.29, 0.717) is 19.7 Å². The second kappa shape index (κ2) is 13.8. The van der Waals surface area contributed by atoms with Gasteiger partial charge in [-0.15, -0.1) is 35.3 Å². The maximum Gasteiger partial charge on any atom is 0.309 e. The van der Waals surface area contributed by atoms with Crippen molar-refractivity contribution in [3.8, 4) is 0 Å². The van der Waals surface area contributed by atoms with Crippen LogP contribution >= 0.6 is 35.3 Å². The van der Waals surface area contributed by atoms with Crippen LogP contribution < -0.4 is 10.6 Å². The second-order valence-corrected chi connectivity index (χ2v) is 7.28. The number of nitrogens with zero attached hydrogens (tertiary/aromatic N) is 2. The Balaban J connectivity index is 0.00000392. The van der Waals surface area contributed by atoms with E-state index >= 15 is 0 Å². The highest BCUT2D eigenvalue weighted by molar-refractivity contribution is 14.0. The van der Waals surface area contributed by atoms with Crippen molar-refractivity contribution in [1.29, 1.82) is 0 Å². The van der Waals surface area contributed by atoms with E-state index in [1.54, 1.807) is 0 Å². The number of aliphatic imine (C=N–C) groups is 1. The van der Waals surface area contributed by atoms with Gasteiger partial charge in [0.15, 0.2) is 5.96 Å². The number of ether oxygens (including phenoxy) is 1. The van der Waals surface area contributed by atoms with Crippen molar-refractivity contribution in [2.45, 2.75) is 33.1 Å². The molecule has 0 bridgehead atoms. The normalized spacial score (nSPS) is 14.9. The first-order valence-corrected chi connectivity index (χ1v) is 10.5. The fraction of sp³-hybridized carbons (Fsp3) is 0.632. The van der Waals surface area contributed by atoms with E-state index in [9.17, 15) is 9.59 Å². The Labute approximate surface area is 188 Å². The molecule has 7 nitrogen and oxygen atoms in total. The molecule has 0 radical (unpaired) electrons. The highest BCUT2D eigenvalue weighted by atomic mass is 127. The predicted octanol–water partition coefficient (Wildman–Crippen LogP) is 2.73. The molecule has 2 heterocycles. The minimum Gasteiger partial charge on any atom is -0.466 e. The van der Waals surface area contributed by atoms with Gasteiger partial charge in [0.25, 0.3) is 5.91 Å². The van der Waals surface area contributed by atoms with Gasteiger partial charge in [0.2, 0.25) is 0 Å². The summed E-state index contributed by atoms with van der Waals surface area (Å²) in [6.45, 7) is 7.95. The van der Waals surface area contributed by atoms with E-state index in [1.807, 2.05) is 31.4 Å². The van der Waals surface area contributed by atoms with E-state index in [2.05, 4.69) is 20.5 Å². The van der Waals surface area contributed by atoms with E-state index in [4.69, 9.17) is 4.74 Å². The quantitative estimate of drug-likeness (QED) is 0.181. The third-order valence-corrected chi connectivity index (χ3v) is 5.24. The molecule has 1 fully saturated rings. The van der Waals surface area contributed by atoms with Crippen molar-refractivity contribution >= 4 is 53.1 Å². The van der Waals surface area contributed by atoms with Gasteiger partial charge in [-0.25, -0.2) is 0 Å². The number of hydrogen-bond acceptors (Lipinski definition) is 5. The fourth-order valence-corrected chi connectivity index (χ4v) is 3.61. The number of amides is 1. The van der Waals surface area contributed by atoms with Crippen LogP contribution in [0.5, 0.6) is 0 Å². The molecule has 1 aliphatic heterocycles. The third-order valence-electron chi connectivity index (χ3n) is 4.38. The Bertz CT molecular complexity index is 617. The largest absolute Gasteiger partial charge is 0.466 e. The van der Waals surface area contributed by atoms with Gasteiger partial charge in [0.05, 0.1) is 17.4 Å². The lowest BCUT2D eigenvalue weighted by Gasteiger charge is -2.33. The number of likely N-dealkylation sites (tertiary alicyclic amines) is 1. The Morgan fingerprint density at radius 3 is 2.64 bits per heavy atom. The molecule has 1 aliphatic rings. The smallest absolute Gasteiger partial charge is 0.309 e. The molecular formula is C19H31IN4O3S. The number of nitrogens with one attached hydrogen (secondary N) is 2. The number of piperidine rings is 1. The molecule has 0 unspecified atom stereocenters. The number of esters is 1. The number of carbonyl (C=O) groups excluding carboxylic acids is 2. The molecule has 2 N–H and O–H groups in total. The van der Waals surface area contributed by atoms with Crippen LogP contribution in [0, 0.1) is 5.92 Å². The topological polar surface area (TPSA) is 83.0 Å². The van der Waals surface area contributed by atoms with Gasteiger partial charge in [-0.2, -0.15) is 0 Å².